The second-order valence-electron chi connectivity index (χ2n) is 7.49. The van der Waals surface area contributed by atoms with Crippen molar-refractivity contribution in [2.24, 2.45) is 0 Å². The third kappa shape index (κ3) is 2.78. The van der Waals surface area contributed by atoms with Crippen molar-refractivity contribution in [3.63, 3.8) is 0 Å². The van der Waals surface area contributed by atoms with Crippen LogP contribution in [0.1, 0.15) is 25.3 Å². The summed E-state index contributed by atoms with van der Waals surface area (Å²) < 4.78 is 6.19. The van der Waals surface area contributed by atoms with E-state index in [4.69, 9.17) is 4.42 Å². The van der Waals surface area contributed by atoms with Crippen LogP contribution < -0.4 is 0 Å². The third-order valence-corrected chi connectivity index (χ3v) is 5.35. The van der Waals surface area contributed by atoms with Crippen LogP contribution in [0.5, 0.6) is 0 Å². The van der Waals surface area contributed by atoms with E-state index in [1.165, 1.54) is 11.1 Å². The van der Waals surface area contributed by atoms with E-state index in [0.717, 1.165) is 38.8 Å². The van der Waals surface area contributed by atoms with E-state index in [0.29, 0.717) is 5.92 Å². The van der Waals surface area contributed by atoms with E-state index in [9.17, 15) is 0 Å². The van der Waals surface area contributed by atoms with Crippen LogP contribution in [0.3, 0.4) is 0 Å². The van der Waals surface area contributed by atoms with Crippen LogP contribution in [0.25, 0.3) is 44.3 Å². The lowest BCUT2D eigenvalue weighted by Gasteiger charge is -2.08. The summed E-state index contributed by atoms with van der Waals surface area (Å²) in [5, 5.41) is 2.27. The Morgan fingerprint density at radius 3 is 2.36 bits per heavy atom. The summed E-state index contributed by atoms with van der Waals surface area (Å²) in [6.45, 7) is 4.43. The maximum absolute atomic E-state index is 6.19. The predicted octanol–water partition coefficient (Wildman–Crippen LogP) is 7.44. The van der Waals surface area contributed by atoms with Gasteiger partial charge in [-0.15, -0.1) is 0 Å². The lowest BCUT2D eigenvalue weighted by atomic mass is 9.98. The Balaban J connectivity index is 1.63. The molecule has 5 rings (SSSR count). The van der Waals surface area contributed by atoms with E-state index in [1.54, 1.807) is 0 Å². The predicted molar refractivity (Wildman–Crippen MR) is 116 cm³/mol. The third-order valence-electron chi connectivity index (χ3n) is 5.35. The minimum Gasteiger partial charge on any atom is -0.455 e. The quantitative estimate of drug-likeness (QED) is 0.333. The maximum atomic E-state index is 6.19. The molecule has 0 spiro atoms. The number of fused-ring (bicyclic) bond motifs is 3. The van der Waals surface area contributed by atoms with Gasteiger partial charge in [0, 0.05) is 22.5 Å². The monoisotopic (exact) mass is 363 g/mol. The molecule has 0 saturated heterocycles. The van der Waals surface area contributed by atoms with E-state index in [-0.39, 0.29) is 0 Å². The minimum absolute atomic E-state index is 0.535. The van der Waals surface area contributed by atoms with Gasteiger partial charge in [0.05, 0.1) is 5.69 Å². The Morgan fingerprint density at radius 2 is 1.54 bits per heavy atom. The number of aromatic nitrogens is 1. The van der Waals surface area contributed by atoms with Crippen molar-refractivity contribution in [2.45, 2.75) is 19.8 Å². The molecule has 0 unspecified atom stereocenters. The number of para-hydroxylation sites is 2. The van der Waals surface area contributed by atoms with Gasteiger partial charge in [-0.3, -0.25) is 4.98 Å². The molecule has 0 radical (unpaired) electrons. The van der Waals surface area contributed by atoms with E-state index >= 15 is 0 Å². The zero-order valence-electron chi connectivity index (χ0n) is 16.0. The van der Waals surface area contributed by atoms with Crippen molar-refractivity contribution in [1.82, 2.24) is 4.98 Å². The van der Waals surface area contributed by atoms with Crippen LogP contribution in [0.15, 0.2) is 89.5 Å². The maximum Gasteiger partial charge on any atom is 0.144 e. The summed E-state index contributed by atoms with van der Waals surface area (Å²) in [6.07, 6.45) is 1.88. The lowest BCUT2D eigenvalue weighted by molar-refractivity contribution is 0.670. The van der Waals surface area contributed by atoms with Gasteiger partial charge in [0.1, 0.15) is 11.2 Å². The molecule has 136 valence electrons. The molecule has 2 heteroatoms. The minimum atomic E-state index is 0.535. The second kappa shape index (κ2) is 6.65. The molecule has 0 saturated carbocycles. The van der Waals surface area contributed by atoms with Crippen LogP contribution in [0, 0.1) is 0 Å². The number of rotatable bonds is 3. The van der Waals surface area contributed by atoms with Crippen molar-refractivity contribution in [3.05, 3.63) is 90.6 Å². The summed E-state index contributed by atoms with van der Waals surface area (Å²) in [4.78, 5) is 4.64. The van der Waals surface area contributed by atoms with Gasteiger partial charge in [0.15, 0.2) is 0 Å². The molecule has 0 fully saturated rings. The van der Waals surface area contributed by atoms with E-state index in [2.05, 4.69) is 79.5 Å². The van der Waals surface area contributed by atoms with Crippen molar-refractivity contribution in [3.8, 4) is 22.4 Å². The highest BCUT2D eigenvalue weighted by Gasteiger charge is 2.13. The highest BCUT2D eigenvalue weighted by Crippen LogP contribution is 2.36. The van der Waals surface area contributed by atoms with Crippen LogP contribution >= 0.6 is 0 Å². The zero-order valence-corrected chi connectivity index (χ0v) is 16.0. The molecule has 0 bridgehead atoms. The number of hydrogen-bond donors (Lipinski definition) is 0. The standard InChI is InChI=1S/C26H21NO/c1-17(2)18-10-12-19(13-11-18)20-14-15-27-24(16-20)23-8-5-7-22-21-6-3-4-9-25(21)28-26(22)23/h3-17H,1-2H3. The fourth-order valence-electron chi connectivity index (χ4n) is 3.77. The highest BCUT2D eigenvalue weighted by atomic mass is 16.3. The summed E-state index contributed by atoms with van der Waals surface area (Å²) in [5.41, 5.74) is 7.46. The normalized spacial score (nSPS) is 11.5. The molecule has 0 aliphatic rings. The van der Waals surface area contributed by atoms with Gasteiger partial charge in [-0.1, -0.05) is 68.4 Å². The first-order valence-electron chi connectivity index (χ1n) is 9.68. The first-order chi connectivity index (χ1) is 13.7. The van der Waals surface area contributed by atoms with Gasteiger partial charge in [0.2, 0.25) is 0 Å². The Kier molecular flexibility index (Phi) is 3.98. The molecule has 3 aromatic carbocycles. The van der Waals surface area contributed by atoms with Crippen molar-refractivity contribution in [1.29, 1.82) is 0 Å². The van der Waals surface area contributed by atoms with Crippen molar-refractivity contribution < 1.29 is 4.42 Å². The van der Waals surface area contributed by atoms with Crippen molar-refractivity contribution in [2.75, 3.05) is 0 Å². The number of pyridine rings is 1. The molecule has 0 atom stereocenters. The van der Waals surface area contributed by atoms with Gasteiger partial charge in [-0.25, -0.2) is 0 Å². The Bertz CT molecular complexity index is 1280. The second-order valence-corrected chi connectivity index (χ2v) is 7.49. The fourth-order valence-corrected chi connectivity index (χ4v) is 3.77. The molecule has 2 nitrogen and oxygen atoms in total. The summed E-state index contributed by atoms with van der Waals surface area (Å²) in [6, 6.07) is 27.4. The molecule has 28 heavy (non-hydrogen) atoms. The number of hydrogen-bond acceptors (Lipinski definition) is 2. The molecule has 0 N–H and O–H groups in total. The molecule has 2 heterocycles. The van der Waals surface area contributed by atoms with Crippen LogP contribution in [-0.2, 0) is 0 Å². The summed E-state index contributed by atoms with van der Waals surface area (Å²) >= 11 is 0. The fraction of sp³-hybridized carbons (Fsp3) is 0.115. The van der Waals surface area contributed by atoms with Gasteiger partial charge in [-0.05, 0) is 46.9 Å². The zero-order chi connectivity index (χ0) is 19.1. The number of furan rings is 1. The van der Waals surface area contributed by atoms with Crippen molar-refractivity contribution >= 4 is 21.9 Å². The van der Waals surface area contributed by atoms with E-state index < -0.39 is 0 Å². The average molecular weight is 363 g/mol. The number of nitrogens with zero attached hydrogens (tertiary/aromatic N) is 1. The van der Waals surface area contributed by atoms with Crippen LogP contribution in [0.2, 0.25) is 0 Å². The van der Waals surface area contributed by atoms with Gasteiger partial charge in [-0.2, -0.15) is 0 Å². The lowest BCUT2D eigenvalue weighted by Crippen LogP contribution is -1.88. The molecule has 0 aliphatic heterocycles. The Morgan fingerprint density at radius 1 is 0.750 bits per heavy atom. The van der Waals surface area contributed by atoms with Gasteiger partial charge < -0.3 is 4.42 Å². The molecular weight excluding hydrogens is 342 g/mol. The molecule has 5 aromatic rings. The molecule has 0 aliphatic carbocycles. The molecular formula is C26H21NO. The summed E-state index contributed by atoms with van der Waals surface area (Å²) in [7, 11) is 0. The Hall–Kier alpha value is -3.39. The van der Waals surface area contributed by atoms with E-state index in [1.807, 2.05) is 24.4 Å². The molecule has 2 aromatic heterocycles. The largest absolute Gasteiger partial charge is 0.455 e. The van der Waals surface area contributed by atoms with Gasteiger partial charge >= 0.3 is 0 Å². The summed E-state index contributed by atoms with van der Waals surface area (Å²) in [5.74, 6) is 0.535. The van der Waals surface area contributed by atoms with Crippen LogP contribution in [-0.4, -0.2) is 4.98 Å². The first-order valence-corrected chi connectivity index (χ1v) is 9.68. The average Bonchev–Trinajstić information content (AvgIpc) is 3.13. The topological polar surface area (TPSA) is 26.0 Å². The SMILES string of the molecule is CC(C)c1ccc(-c2ccnc(-c3cccc4c3oc3ccccc34)c2)cc1. The smallest absolute Gasteiger partial charge is 0.144 e. The number of benzene rings is 3. The van der Waals surface area contributed by atoms with Crippen LogP contribution in [0.4, 0.5) is 0 Å². The first kappa shape index (κ1) is 16.8. The molecule has 0 amide bonds. The highest BCUT2D eigenvalue weighted by molar-refractivity contribution is 6.09. The Labute approximate surface area is 164 Å². The van der Waals surface area contributed by atoms with Gasteiger partial charge in [0.25, 0.3) is 0 Å².